The van der Waals surface area contributed by atoms with Crippen LogP contribution in [0.4, 0.5) is 0 Å². The highest BCUT2D eigenvalue weighted by atomic mass is 79.9. The molecule has 0 unspecified atom stereocenters. The van der Waals surface area contributed by atoms with Crippen LogP contribution >= 0.6 is 43.2 Å². The Kier molecular flexibility index (Phi) is 4.24. The molecule has 3 aromatic rings. The number of ketones is 2. The molecule has 0 N–H and O–H groups in total. The predicted octanol–water partition coefficient (Wildman–Crippen LogP) is 5.21. The van der Waals surface area contributed by atoms with Gasteiger partial charge in [-0.1, -0.05) is 56.1 Å². The minimum Gasteiger partial charge on any atom is -0.293 e. The number of benzene rings is 2. The predicted molar refractivity (Wildman–Crippen MR) is 95.6 cm³/mol. The van der Waals surface area contributed by atoms with Gasteiger partial charge in [-0.3, -0.25) is 9.59 Å². The van der Waals surface area contributed by atoms with Gasteiger partial charge in [-0.25, -0.2) is 0 Å². The molecule has 0 saturated heterocycles. The van der Waals surface area contributed by atoms with Gasteiger partial charge in [-0.05, 0) is 12.1 Å². The molecular weight excluding hydrogens is 416 g/mol. The molecule has 0 fully saturated rings. The van der Waals surface area contributed by atoms with Crippen LogP contribution in [0, 0.1) is 0 Å². The fourth-order valence-electron chi connectivity index (χ4n) is 2.28. The molecule has 2 aromatic carbocycles. The second-order valence-electron chi connectivity index (χ2n) is 4.64. The van der Waals surface area contributed by atoms with E-state index < -0.39 is 0 Å². The maximum absolute atomic E-state index is 11.8. The van der Waals surface area contributed by atoms with Crippen LogP contribution in [0.5, 0.6) is 0 Å². The third-order valence-corrected chi connectivity index (χ3v) is 5.49. The van der Waals surface area contributed by atoms with Crippen molar-refractivity contribution >= 4 is 74.9 Å². The lowest BCUT2D eigenvalue weighted by Crippen LogP contribution is -1.98. The number of fused-ring (bicyclic) bond motifs is 3. The Balaban J connectivity index is 2.19. The van der Waals surface area contributed by atoms with E-state index in [-0.39, 0.29) is 11.6 Å². The molecule has 5 heteroatoms. The molecule has 0 atom stereocenters. The zero-order valence-electron chi connectivity index (χ0n) is 10.9. The van der Waals surface area contributed by atoms with Crippen molar-refractivity contribution < 1.29 is 9.59 Å². The lowest BCUT2D eigenvalue weighted by molar-refractivity contribution is 0.101. The topological polar surface area (TPSA) is 34.1 Å². The van der Waals surface area contributed by atoms with Crippen LogP contribution < -0.4 is 0 Å². The quantitative estimate of drug-likeness (QED) is 0.424. The first kappa shape index (κ1) is 14.9. The van der Waals surface area contributed by atoms with Crippen molar-refractivity contribution in [2.75, 3.05) is 10.7 Å². The lowest BCUT2D eigenvalue weighted by atomic mass is 10.1. The van der Waals surface area contributed by atoms with Gasteiger partial charge in [0.1, 0.15) is 0 Å². The van der Waals surface area contributed by atoms with E-state index in [9.17, 15) is 9.59 Å². The standard InChI is InChI=1S/C16H10Br2O2S/c17-7-13(19)9-1-3-11-12-4-2-10(14(20)8-18)6-16(12)21-15(11)5-9/h1-6H,7-8H2. The average molecular weight is 426 g/mol. The summed E-state index contributed by atoms with van der Waals surface area (Å²) in [6, 6.07) is 11.5. The second-order valence-corrected chi connectivity index (χ2v) is 6.84. The third-order valence-electron chi connectivity index (χ3n) is 3.36. The van der Waals surface area contributed by atoms with Gasteiger partial charge in [0.05, 0.1) is 10.7 Å². The average Bonchev–Trinajstić information content (AvgIpc) is 2.89. The number of carbonyl (C=O) groups excluding carboxylic acids is 2. The van der Waals surface area contributed by atoms with Crippen LogP contribution in [0.25, 0.3) is 20.2 Å². The van der Waals surface area contributed by atoms with E-state index in [0.29, 0.717) is 21.8 Å². The maximum atomic E-state index is 11.8. The van der Waals surface area contributed by atoms with E-state index in [1.54, 1.807) is 11.3 Å². The van der Waals surface area contributed by atoms with Gasteiger partial charge >= 0.3 is 0 Å². The molecule has 0 aliphatic rings. The number of hydrogen-bond donors (Lipinski definition) is 0. The smallest absolute Gasteiger partial charge is 0.173 e. The highest BCUT2D eigenvalue weighted by Gasteiger charge is 2.11. The summed E-state index contributed by atoms with van der Waals surface area (Å²) in [5, 5.41) is 2.90. The van der Waals surface area contributed by atoms with Crippen LogP contribution in [0.1, 0.15) is 20.7 Å². The summed E-state index contributed by atoms with van der Waals surface area (Å²) in [7, 11) is 0. The summed E-state index contributed by atoms with van der Waals surface area (Å²) in [6.45, 7) is 0. The van der Waals surface area contributed by atoms with Gasteiger partial charge in [0.2, 0.25) is 0 Å². The highest BCUT2D eigenvalue weighted by Crippen LogP contribution is 2.35. The SMILES string of the molecule is O=C(CBr)c1ccc2c(c1)sc1cc(C(=O)CBr)ccc12. The van der Waals surface area contributed by atoms with E-state index in [2.05, 4.69) is 31.9 Å². The minimum absolute atomic E-state index is 0.0736. The van der Waals surface area contributed by atoms with Crippen molar-refractivity contribution in [1.29, 1.82) is 0 Å². The number of carbonyl (C=O) groups is 2. The Morgan fingerprint density at radius 3 is 1.62 bits per heavy atom. The van der Waals surface area contributed by atoms with Gasteiger partial charge in [0, 0.05) is 31.3 Å². The molecule has 0 saturated carbocycles. The molecule has 21 heavy (non-hydrogen) atoms. The first-order valence-electron chi connectivity index (χ1n) is 6.28. The third kappa shape index (κ3) is 2.70. The monoisotopic (exact) mass is 424 g/mol. The van der Waals surface area contributed by atoms with E-state index in [0.717, 1.165) is 20.2 Å². The van der Waals surface area contributed by atoms with E-state index in [1.807, 2.05) is 36.4 Å². The van der Waals surface area contributed by atoms with Crippen LogP contribution in [0.3, 0.4) is 0 Å². The lowest BCUT2D eigenvalue weighted by Gasteiger charge is -1.98. The fourth-order valence-corrected chi connectivity index (χ4v) is 4.11. The molecule has 0 radical (unpaired) electrons. The molecule has 0 amide bonds. The molecule has 0 spiro atoms. The first-order valence-corrected chi connectivity index (χ1v) is 9.34. The summed E-state index contributed by atoms with van der Waals surface area (Å²) in [5.41, 5.74) is 1.42. The zero-order chi connectivity index (χ0) is 15.0. The number of Topliss-reactive ketones (excluding diaryl/α,β-unsaturated/α-hetero) is 2. The van der Waals surface area contributed by atoms with E-state index in [1.165, 1.54) is 0 Å². The molecular formula is C16H10Br2O2S. The maximum Gasteiger partial charge on any atom is 0.173 e. The van der Waals surface area contributed by atoms with E-state index >= 15 is 0 Å². The number of alkyl halides is 2. The second kappa shape index (κ2) is 5.99. The molecule has 106 valence electrons. The van der Waals surface area contributed by atoms with Crippen molar-refractivity contribution in [3.63, 3.8) is 0 Å². The van der Waals surface area contributed by atoms with Gasteiger partial charge in [0.15, 0.2) is 11.6 Å². The summed E-state index contributed by atoms with van der Waals surface area (Å²) in [6.07, 6.45) is 0. The Morgan fingerprint density at radius 1 is 0.810 bits per heavy atom. The van der Waals surface area contributed by atoms with Gasteiger partial charge in [-0.15, -0.1) is 11.3 Å². The number of halogens is 2. The summed E-state index contributed by atoms with van der Waals surface area (Å²) in [5.74, 6) is 0.147. The summed E-state index contributed by atoms with van der Waals surface area (Å²) >= 11 is 8.00. The van der Waals surface area contributed by atoms with Crippen molar-refractivity contribution in [2.24, 2.45) is 0 Å². The summed E-state index contributed by atoms with van der Waals surface area (Å²) < 4.78 is 2.14. The molecule has 3 rings (SSSR count). The molecule has 0 aliphatic carbocycles. The molecule has 0 bridgehead atoms. The Morgan fingerprint density at radius 2 is 1.24 bits per heavy atom. The Bertz CT molecular complexity index is 797. The normalized spacial score (nSPS) is 11.1. The number of thiophene rings is 1. The molecule has 1 heterocycles. The largest absolute Gasteiger partial charge is 0.293 e. The highest BCUT2D eigenvalue weighted by molar-refractivity contribution is 9.09. The zero-order valence-corrected chi connectivity index (χ0v) is 14.8. The van der Waals surface area contributed by atoms with Gasteiger partial charge in [-0.2, -0.15) is 0 Å². The Hall–Kier alpha value is -1.04. The van der Waals surface area contributed by atoms with Crippen molar-refractivity contribution in [2.45, 2.75) is 0 Å². The summed E-state index contributed by atoms with van der Waals surface area (Å²) in [4.78, 5) is 23.5. The van der Waals surface area contributed by atoms with Crippen molar-refractivity contribution in [3.8, 4) is 0 Å². The van der Waals surface area contributed by atoms with Crippen molar-refractivity contribution in [3.05, 3.63) is 47.5 Å². The first-order chi connectivity index (χ1) is 10.1. The van der Waals surface area contributed by atoms with Gasteiger partial charge < -0.3 is 0 Å². The van der Waals surface area contributed by atoms with E-state index in [4.69, 9.17) is 0 Å². The fraction of sp³-hybridized carbons (Fsp3) is 0.125. The minimum atomic E-state index is 0.0736. The molecule has 0 aliphatic heterocycles. The number of rotatable bonds is 4. The number of hydrogen-bond acceptors (Lipinski definition) is 3. The molecule has 2 nitrogen and oxygen atoms in total. The van der Waals surface area contributed by atoms with Crippen LogP contribution in [-0.2, 0) is 0 Å². The Labute approximate surface area is 142 Å². The van der Waals surface area contributed by atoms with Crippen LogP contribution in [0.15, 0.2) is 36.4 Å². The van der Waals surface area contributed by atoms with Crippen LogP contribution in [0.2, 0.25) is 0 Å². The van der Waals surface area contributed by atoms with Crippen molar-refractivity contribution in [1.82, 2.24) is 0 Å². The van der Waals surface area contributed by atoms with Crippen LogP contribution in [-0.4, -0.2) is 22.2 Å². The van der Waals surface area contributed by atoms with Gasteiger partial charge in [0.25, 0.3) is 0 Å². The molecule has 1 aromatic heterocycles.